The third-order valence-electron chi connectivity index (χ3n) is 2.98. The SMILES string of the molecule is COc1ccc(NC(=O)c2cc(-c3cccnc3)n[nH]2)cn1. The molecule has 110 valence electrons. The van der Waals surface area contributed by atoms with E-state index in [9.17, 15) is 4.79 Å². The highest BCUT2D eigenvalue weighted by molar-refractivity contribution is 6.03. The van der Waals surface area contributed by atoms with E-state index in [1.807, 2.05) is 12.1 Å². The van der Waals surface area contributed by atoms with Gasteiger partial charge in [-0.3, -0.25) is 14.9 Å². The van der Waals surface area contributed by atoms with Crippen molar-refractivity contribution in [3.63, 3.8) is 0 Å². The van der Waals surface area contributed by atoms with Gasteiger partial charge in [-0.25, -0.2) is 4.98 Å². The molecule has 2 N–H and O–H groups in total. The summed E-state index contributed by atoms with van der Waals surface area (Å²) in [6.07, 6.45) is 4.89. The van der Waals surface area contributed by atoms with Crippen LogP contribution in [0, 0.1) is 0 Å². The molecule has 3 heterocycles. The van der Waals surface area contributed by atoms with Crippen LogP contribution in [0.1, 0.15) is 10.5 Å². The number of carbonyl (C=O) groups excluding carboxylic acids is 1. The zero-order chi connectivity index (χ0) is 15.4. The summed E-state index contributed by atoms with van der Waals surface area (Å²) in [4.78, 5) is 20.2. The fourth-order valence-corrected chi connectivity index (χ4v) is 1.87. The molecule has 0 fully saturated rings. The number of pyridine rings is 2. The molecule has 0 atom stereocenters. The zero-order valence-corrected chi connectivity index (χ0v) is 11.8. The van der Waals surface area contributed by atoms with Crippen molar-refractivity contribution in [2.75, 3.05) is 12.4 Å². The van der Waals surface area contributed by atoms with Crippen LogP contribution in [0.3, 0.4) is 0 Å². The van der Waals surface area contributed by atoms with Gasteiger partial charge < -0.3 is 10.1 Å². The quantitative estimate of drug-likeness (QED) is 0.769. The molecule has 0 aliphatic heterocycles. The number of carbonyl (C=O) groups is 1. The lowest BCUT2D eigenvalue weighted by Gasteiger charge is -2.03. The number of nitrogens with one attached hydrogen (secondary N) is 2. The molecule has 0 aliphatic rings. The van der Waals surface area contributed by atoms with E-state index in [1.54, 1.807) is 30.6 Å². The van der Waals surface area contributed by atoms with Gasteiger partial charge in [0, 0.05) is 24.0 Å². The van der Waals surface area contributed by atoms with Crippen molar-refractivity contribution in [1.82, 2.24) is 20.2 Å². The Bertz CT molecular complexity index is 768. The summed E-state index contributed by atoms with van der Waals surface area (Å²) in [7, 11) is 1.53. The van der Waals surface area contributed by atoms with E-state index in [2.05, 4.69) is 25.5 Å². The maximum atomic E-state index is 12.2. The van der Waals surface area contributed by atoms with E-state index in [1.165, 1.54) is 13.3 Å². The second-order valence-corrected chi connectivity index (χ2v) is 4.45. The molecule has 7 nitrogen and oxygen atoms in total. The maximum absolute atomic E-state index is 12.2. The Morgan fingerprint density at radius 2 is 2.18 bits per heavy atom. The predicted octanol–water partition coefficient (Wildman–Crippen LogP) is 2.13. The molecular weight excluding hydrogens is 282 g/mol. The van der Waals surface area contributed by atoms with Crippen LogP contribution in [0.2, 0.25) is 0 Å². The highest BCUT2D eigenvalue weighted by Gasteiger charge is 2.11. The van der Waals surface area contributed by atoms with Crippen molar-refractivity contribution >= 4 is 11.6 Å². The van der Waals surface area contributed by atoms with Crippen LogP contribution in [0.25, 0.3) is 11.3 Å². The van der Waals surface area contributed by atoms with Gasteiger partial charge in [-0.05, 0) is 24.3 Å². The van der Waals surface area contributed by atoms with E-state index >= 15 is 0 Å². The molecule has 3 rings (SSSR count). The lowest BCUT2D eigenvalue weighted by atomic mass is 10.2. The first-order valence-electron chi connectivity index (χ1n) is 6.53. The van der Waals surface area contributed by atoms with Crippen molar-refractivity contribution in [3.8, 4) is 17.1 Å². The molecule has 0 saturated carbocycles. The molecule has 7 heteroatoms. The van der Waals surface area contributed by atoms with Crippen molar-refractivity contribution < 1.29 is 9.53 Å². The monoisotopic (exact) mass is 295 g/mol. The minimum absolute atomic E-state index is 0.297. The number of methoxy groups -OCH3 is 1. The van der Waals surface area contributed by atoms with E-state index in [0.29, 0.717) is 23.0 Å². The zero-order valence-electron chi connectivity index (χ0n) is 11.8. The summed E-state index contributed by atoms with van der Waals surface area (Å²) in [5.74, 6) is 0.188. The van der Waals surface area contributed by atoms with Crippen LogP contribution in [-0.4, -0.2) is 33.2 Å². The summed E-state index contributed by atoms with van der Waals surface area (Å²) < 4.78 is 4.97. The molecular formula is C15H13N5O2. The Labute approximate surface area is 126 Å². The number of nitrogens with zero attached hydrogens (tertiary/aromatic N) is 3. The highest BCUT2D eigenvalue weighted by atomic mass is 16.5. The summed E-state index contributed by atoms with van der Waals surface area (Å²) in [5.41, 5.74) is 2.42. The van der Waals surface area contributed by atoms with Gasteiger partial charge >= 0.3 is 0 Å². The number of aromatic amines is 1. The number of aromatic nitrogens is 4. The van der Waals surface area contributed by atoms with Crippen molar-refractivity contribution in [3.05, 3.63) is 54.6 Å². The Hall–Kier alpha value is -3.22. The van der Waals surface area contributed by atoms with Crippen molar-refractivity contribution in [1.29, 1.82) is 0 Å². The number of hydrogen-bond acceptors (Lipinski definition) is 5. The molecule has 3 aromatic heterocycles. The van der Waals surface area contributed by atoms with Crippen LogP contribution < -0.4 is 10.1 Å². The first-order chi connectivity index (χ1) is 10.8. The van der Waals surface area contributed by atoms with Crippen LogP contribution in [0.15, 0.2) is 48.9 Å². The fraction of sp³-hybridized carbons (Fsp3) is 0.0667. The normalized spacial score (nSPS) is 10.2. The van der Waals surface area contributed by atoms with Crippen molar-refractivity contribution in [2.24, 2.45) is 0 Å². The summed E-state index contributed by atoms with van der Waals surface area (Å²) in [6.45, 7) is 0. The van der Waals surface area contributed by atoms with Gasteiger partial charge in [0.1, 0.15) is 5.69 Å². The van der Waals surface area contributed by atoms with Gasteiger partial charge in [-0.15, -0.1) is 0 Å². The highest BCUT2D eigenvalue weighted by Crippen LogP contribution is 2.17. The van der Waals surface area contributed by atoms with E-state index in [4.69, 9.17) is 4.74 Å². The van der Waals surface area contributed by atoms with Gasteiger partial charge in [-0.1, -0.05) is 0 Å². The fourth-order valence-electron chi connectivity index (χ4n) is 1.87. The van der Waals surface area contributed by atoms with Crippen molar-refractivity contribution in [2.45, 2.75) is 0 Å². The minimum atomic E-state index is -0.297. The smallest absolute Gasteiger partial charge is 0.273 e. The summed E-state index contributed by atoms with van der Waals surface area (Å²) >= 11 is 0. The Kier molecular flexibility index (Phi) is 3.78. The van der Waals surface area contributed by atoms with E-state index < -0.39 is 0 Å². The lowest BCUT2D eigenvalue weighted by molar-refractivity contribution is 0.102. The molecule has 0 aliphatic carbocycles. The number of rotatable bonds is 4. The van der Waals surface area contributed by atoms with E-state index in [0.717, 1.165) is 5.56 Å². The van der Waals surface area contributed by atoms with Gasteiger partial charge in [0.25, 0.3) is 5.91 Å². The molecule has 22 heavy (non-hydrogen) atoms. The van der Waals surface area contributed by atoms with E-state index in [-0.39, 0.29) is 5.91 Å². The second-order valence-electron chi connectivity index (χ2n) is 4.45. The largest absolute Gasteiger partial charge is 0.481 e. The van der Waals surface area contributed by atoms with Gasteiger partial charge in [0.05, 0.1) is 24.7 Å². The van der Waals surface area contributed by atoms with Gasteiger partial charge in [-0.2, -0.15) is 5.10 Å². The standard InChI is InChI=1S/C15H13N5O2/c1-22-14-5-4-11(9-17-14)18-15(21)13-7-12(19-20-13)10-3-2-6-16-8-10/h2-9H,1H3,(H,18,21)(H,19,20). The summed E-state index contributed by atoms with van der Waals surface area (Å²) in [5, 5.41) is 9.56. The third kappa shape index (κ3) is 2.93. The predicted molar refractivity (Wildman–Crippen MR) is 80.6 cm³/mol. The molecule has 0 bridgehead atoms. The van der Waals surface area contributed by atoms with Crippen LogP contribution in [0.5, 0.6) is 5.88 Å². The number of H-pyrrole nitrogens is 1. The average molecular weight is 295 g/mol. The minimum Gasteiger partial charge on any atom is -0.481 e. The lowest BCUT2D eigenvalue weighted by Crippen LogP contribution is -2.12. The third-order valence-corrected chi connectivity index (χ3v) is 2.98. The Balaban J connectivity index is 1.74. The van der Waals surface area contributed by atoms with Gasteiger partial charge in [0.15, 0.2) is 0 Å². The molecule has 0 aromatic carbocycles. The van der Waals surface area contributed by atoms with Gasteiger partial charge in [0.2, 0.25) is 5.88 Å². The summed E-state index contributed by atoms with van der Waals surface area (Å²) in [6, 6.07) is 8.74. The van der Waals surface area contributed by atoms with Crippen LogP contribution in [0.4, 0.5) is 5.69 Å². The number of hydrogen-bond donors (Lipinski definition) is 2. The first kappa shape index (κ1) is 13.7. The molecule has 0 saturated heterocycles. The molecule has 0 radical (unpaired) electrons. The molecule has 0 unspecified atom stereocenters. The topological polar surface area (TPSA) is 92.8 Å². The Morgan fingerprint density at radius 3 is 2.86 bits per heavy atom. The Morgan fingerprint density at radius 1 is 1.27 bits per heavy atom. The molecule has 1 amide bonds. The molecule has 3 aromatic rings. The second kappa shape index (κ2) is 6.04. The number of anilines is 1. The van der Waals surface area contributed by atoms with Crippen LogP contribution in [-0.2, 0) is 0 Å². The first-order valence-corrected chi connectivity index (χ1v) is 6.53. The average Bonchev–Trinajstić information content (AvgIpc) is 3.06. The number of ether oxygens (including phenoxy) is 1. The van der Waals surface area contributed by atoms with Crippen LogP contribution >= 0.6 is 0 Å². The molecule has 0 spiro atoms. The maximum Gasteiger partial charge on any atom is 0.273 e. The number of amides is 1.